The molecular weight excluding hydrogens is 627 g/mol. The van der Waals surface area contributed by atoms with Crippen LogP contribution in [0.5, 0.6) is 0 Å². The van der Waals surface area contributed by atoms with Gasteiger partial charge in [0.05, 0.1) is 19.1 Å². The second kappa shape index (κ2) is 33.4. The van der Waals surface area contributed by atoms with Gasteiger partial charge in [-0.05, 0) is 19.0 Å². The molecule has 0 unspecified atom stereocenters. The first-order valence-electron chi connectivity index (χ1n) is 10.2. The minimum Gasteiger partial charge on any atom is -0.817 e. The van der Waals surface area contributed by atoms with E-state index in [1.165, 1.54) is 26.2 Å². The number of carbonyl (C=O) groups is 4. The van der Waals surface area contributed by atoms with Crippen LogP contribution in [0.25, 0.3) is 0 Å². The Morgan fingerprint density at radius 2 is 1.07 bits per heavy atom. The summed E-state index contributed by atoms with van der Waals surface area (Å²) < 4.78 is 15.9. The zero-order chi connectivity index (χ0) is 27.7. The van der Waals surface area contributed by atoms with Crippen molar-refractivity contribution in [2.45, 2.75) is 24.9 Å². The molecule has 0 aliphatic carbocycles. The van der Waals surface area contributed by atoms with Gasteiger partial charge in [-0.2, -0.15) is 0 Å². The van der Waals surface area contributed by atoms with Gasteiger partial charge in [0, 0.05) is 53.4 Å². The van der Waals surface area contributed by atoms with Gasteiger partial charge in [-0.25, -0.2) is 0 Å². The van der Waals surface area contributed by atoms with Gasteiger partial charge in [0.2, 0.25) is 8.80 Å². The Labute approximate surface area is 346 Å². The van der Waals surface area contributed by atoms with Gasteiger partial charge < -0.3 is 52.9 Å². The molecule has 0 bridgehead atoms. The minimum absolute atomic E-state index is 0. The fourth-order valence-corrected chi connectivity index (χ4v) is 4.92. The Bertz CT molecular complexity index is 655. The number of hydrogen-bond donors (Lipinski definition) is 5. The Balaban J connectivity index is -0.000000135. The molecule has 0 heterocycles. The van der Waals surface area contributed by atoms with E-state index in [-0.39, 0.29) is 167 Å². The van der Waals surface area contributed by atoms with Crippen molar-refractivity contribution >= 4 is 41.5 Å². The third-order valence-corrected chi connectivity index (χ3v) is 8.09. The molecule has 0 aliphatic rings. The number of nitrogens with zero attached hydrogens (tertiary/aromatic N) is 2. The second-order valence-corrected chi connectivity index (χ2v) is 12.3. The average molecular weight is 662 g/mol. The van der Waals surface area contributed by atoms with E-state index in [0.717, 1.165) is 0 Å². The molecule has 0 aromatic carbocycles. The summed E-state index contributed by atoms with van der Waals surface area (Å²) >= 11 is 0. The summed E-state index contributed by atoms with van der Waals surface area (Å²) in [6, 6.07) is -0.0870. The first-order chi connectivity index (χ1) is 16.1. The minimum atomic E-state index is -4.35. The molecule has 0 spiro atoms. The Morgan fingerprint density at radius 1 is 0.675 bits per heavy atom. The maximum atomic E-state index is 10.9. The SMILES string of the molecule is CO[Si](CCCN(CCN(CC(=O)O)CC(=O)O)CC(=O)[O-])(OC)OC.O=C(O)CC[Si]([O-])(O)O.[Na+].[Na+].[Na+].[Na+].[Na+]. The smallest absolute Gasteiger partial charge is 0.817 e. The predicted octanol–water partition coefficient (Wildman–Crippen LogP) is -19.5. The van der Waals surface area contributed by atoms with Crippen LogP contribution in [0.4, 0.5) is 0 Å². The van der Waals surface area contributed by atoms with E-state index >= 15 is 0 Å². The fourth-order valence-electron chi connectivity index (χ4n) is 2.68. The van der Waals surface area contributed by atoms with Crippen molar-refractivity contribution < 1.29 is 215 Å². The molecular formula is C17H34N2Na5O14Si2+3. The van der Waals surface area contributed by atoms with Crippen molar-refractivity contribution in [1.82, 2.24) is 9.80 Å². The average Bonchev–Trinajstić information content (AvgIpc) is 2.72. The molecule has 0 saturated carbocycles. The molecule has 0 aromatic heterocycles. The molecule has 5 N–H and O–H groups in total. The zero-order valence-electron chi connectivity index (χ0n) is 24.9. The van der Waals surface area contributed by atoms with Crippen LogP contribution in [-0.2, 0) is 32.5 Å². The molecule has 0 atom stereocenters. The monoisotopic (exact) mass is 661 g/mol. The van der Waals surface area contributed by atoms with E-state index in [9.17, 15) is 29.1 Å². The van der Waals surface area contributed by atoms with E-state index in [0.29, 0.717) is 19.0 Å². The molecule has 0 aliphatic heterocycles. The summed E-state index contributed by atoms with van der Waals surface area (Å²) in [6.07, 6.45) is 0.0512. The van der Waals surface area contributed by atoms with Gasteiger partial charge in [-0.15, -0.1) is 0 Å². The van der Waals surface area contributed by atoms with Crippen LogP contribution < -0.4 is 158 Å². The molecule has 0 aromatic rings. The normalized spacial score (nSPS) is 10.3. The number of aliphatic carboxylic acids is 4. The van der Waals surface area contributed by atoms with Gasteiger partial charge >= 0.3 is 174 Å². The largest absolute Gasteiger partial charge is 1.00 e. The molecule has 0 radical (unpaired) electrons. The van der Waals surface area contributed by atoms with Gasteiger partial charge in [-0.1, -0.05) is 0 Å². The molecule has 16 nitrogen and oxygen atoms in total. The molecule has 0 amide bonds. The summed E-state index contributed by atoms with van der Waals surface area (Å²) in [5.74, 6) is -4.78. The summed E-state index contributed by atoms with van der Waals surface area (Å²) in [5.41, 5.74) is 0. The topological polar surface area (TPSA) is 250 Å². The van der Waals surface area contributed by atoms with Crippen LogP contribution in [-0.4, -0.2) is 137 Å². The second-order valence-electron chi connectivity index (χ2n) is 7.18. The van der Waals surface area contributed by atoms with E-state index in [1.807, 2.05) is 0 Å². The Hall–Kier alpha value is 2.99. The van der Waals surface area contributed by atoms with Crippen LogP contribution in [0.3, 0.4) is 0 Å². The Kier molecular flexibility index (Phi) is 48.8. The maximum absolute atomic E-state index is 10.9. The number of carboxylic acid groups (broad SMARTS) is 4. The van der Waals surface area contributed by atoms with Crippen LogP contribution >= 0.6 is 0 Å². The van der Waals surface area contributed by atoms with Crippen molar-refractivity contribution in [2.75, 3.05) is 60.6 Å². The van der Waals surface area contributed by atoms with E-state index < -0.39 is 67.0 Å². The van der Waals surface area contributed by atoms with Crippen LogP contribution in [0.2, 0.25) is 12.1 Å². The quantitative estimate of drug-likeness (QED) is 0.0806. The first-order valence-corrected chi connectivity index (χ1v) is 14.1. The van der Waals surface area contributed by atoms with E-state index in [4.69, 9.17) is 38.2 Å². The molecule has 40 heavy (non-hydrogen) atoms. The van der Waals surface area contributed by atoms with Gasteiger partial charge in [-0.3, -0.25) is 24.2 Å². The predicted molar refractivity (Wildman–Crippen MR) is 117 cm³/mol. The van der Waals surface area contributed by atoms with Crippen LogP contribution in [0.1, 0.15) is 12.8 Å². The van der Waals surface area contributed by atoms with Gasteiger partial charge in [0.1, 0.15) is 0 Å². The third kappa shape index (κ3) is 37.2. The summed E-state index contributed by atoms with van der Waals surface area (Å²) in [5, 5.41) is 36.5. The summed E-state index contributed by atoms with van der Waals surface area (Å²) in [7, 11) is -2.68. The standard InChI is InChI=1S/C14H28N2O9Si.C3H7O5Si.5Na/c1-23-26(24-2,25-3)8-4-5-15(9-12(17)18)6-7-16(10-13(19)20)11-14(21)22;4-3(5)1-2-9(6,7)8;;;;;/h4-11H2,1-3H3,(H,17,18)(H,19,20)(H,21,22);6-7H,1-2H2,(H,4,5);;;;;/q;-1;5*+1/p-1. The van der Waals surface area contributed by atoms with Crippen molar-refractivity contribution in [3.05, 3.63) is 0 Å². The molecule has 206 valence electrons. The number of rotatable bonds is 19. The molecule has 23 heteroatoms. The van der Waals surface area contributed by atoms with E-state index in [2.05, 4.69) is 0 Å². The molecule has 0 saturated heterocycles. The fraction of sp³-hybridized carbons (Fsp3) is 0.765. The van der Waals surface area contributed by atoms with Gasteiger partial charge in [0.15, 0.2) is 0 Å². The third-order valence-electron chi connectivity index (χ3n) is 4.36. The first kappa shape index (κ1) is 58.5. The number of carbonyl (C=O) groups excluding carboxylic acids is 1. The summed E-state index contributed by atoms with van der Waals surface area (Å²) in [6.45, 7) is -0.622. The molecule has 0 rings (SSSR count). The van der Waals surface area contributed by atoms with Crippen LogP contribution in [0.15, 0.2) is 0 Å². The van der Waals surface area contributed by atoms with Crippen molar-refractivity contribution in [1.29, 1.82) is 0 Å². The van der Waals surface area contributed by atoms with Crippen molar-refractivity contribution in [2.24, 2.45) is 0 Å². The zero-order valence-corrected chi connectivity index (χ0v) is 36.9. The van der Waals surface area contributed by atoms with Crippen molar-refractivity contribution in [3.63, 3.8) is 0 Å². The maximum Gasteiger partial charge on any atom is 1.00 e. The summed E-state index contributed by atoms with van der Waals surface area (Å²) in [4.78, 5) is 71.3. The Morgan fingerprint density at radius 3 is 1.35 bits per heavy atom. The van der Waals surface area contributed by atoms with Crippen molar-refractivity contribution in [3.8, 4) is 0 Å². The number of hydrogen-bond acceptors (Lipinski definition) is 13. The van der Waals surface area contributed by atoms with E-state index in [1.54, 1.807) is 4.90 Å². The number of carboxylic acids is 4. The van der Waals surface area contributed by atoms with Gasteiger partial charge in [0.25, 0.3) is 0 Å². The van der Waals surface area contributed by atoms with Crippen LogP contribution in [0, 0.1) is 0 Å². The molecule has 0 fully saturated rings.